The highest BCUT2D eigenvalue weighted by molar-refractivity contribution is 6.00. The number of fused-ring (bicyclic) bond motifs is 1. The molecule has 0 fully saturated rings. The molecule has 3 nitrogen and oxygen atoms in total. The van der Waals surface area contributed by atoms with Crippen LogP contribution in [-0.2, 0) is 4.79 Å². The Bertz CT molecular complexity index is 839. The van der Waals surface area contributed by atoms with E-state index in [-0.39, 0.29) is 5.78 Å². The van der Waals surface area contributed by atoms with E-state index in [0.717, 1.165) is 27.8 Å². The molecule has 0 N–H and O–H groups in total. The Labute approximate surface area is 128 Å². The normalized spacial score (nSPS) is 11.2. The molecular weight excluding hydrogens is 276 g/mol. The number of para-hydroxylation sites is 1. The average molecular weight is 292 g/mol. The largest absolute Gasteiger partial charge is 0.497 e. The molecule has 0 radical (unpaired) electrons. The minimum Gasteiger partial charge on any atom is -0.497 e. The lowest BCUT2D eigenvalue weighted by Gasteiger charge is -2.03. The summed E-state index contributed by atoms with van der Waals surface area (Å²) in [7, 11) is 1.64. The van der Waals surface area contributed by atoms with Crippen LogP contribution in [0.15, 0.2) is 59.0 Å². The lowest BCUT2D eigenvalue weighted by molar-refractivity contribution is -0.112. The van der Waals surface area contributed by atoms with Gasteiger partial charge < -0.3 is 9.15 Å². The third-order valence-corrected chi connectivity index (χ3v) is 3.47. The van der Waals surface area contributed by atoms with E-state index in [1.807, 2.05) is 48.5 Å². The molecule has 0 atom stereocenters. The fraction of sp³-hybridized carbons (Fsp3) is 0.105. The number of carbonyl (C=O) groups is 1. The van der Waals surface area contributed by atoms with Crippen LogP contribution in [0.4, 0.5) is 0 Å². The fourth-order valence-electron chi connectivity index (χ4n) is 2.43. The van der Waals surface area contributed by atoms with Gasteiger partial charge in [-0.2, -0.15) is 0 Å². The third kappa shape index (κ3) is 2.66. The molecule has 110 valence electrons. The zero-order chi connectivity index (χ0) is 15.5. The van der Waals surface area contributed by atoms with Crippen molar-refractivity contribution < 1.29 is 13.9 Å². The molecule has 0 bridgehead atoms. The number of allylic oxidation sites excluding steroid dienone is 1. The number of ketones is 1. The maximum absolute atomic E-state index is 11.2. The molecule has 0 saturated carbocycles. The molecule has 3 heteroatoms. The SMILES string of the molecule is COc1ccc(-c2c(/C=C/C(C)=O)oc3ccccc23)cc1. The van der Waals surface area contributed by atoms with E-state index in [2.05, 4.69) is 0 Å². The van der Waals surface area contributed by atoms with Crippen molar-refractivity contribution in [2.24, 2.45) is 0 Å². The quantitative estimate of drug-likeness (QED) is 0.654. The number of furan rings is 1. The molecule has 1 heterocycles. The summed E-state index contributed by atoms with van der Waals surface area (Å²) in [4.78, 5) is 11.2. The summed E-state index contributed by atoms with van der Waals surface area (Å²) in [5, 5.41) is 1.02. The topological polar surface area (TPSA) is 39.4 Å². The first kappa shape index (κ1) is 14.1. The standard InChI is InChI=1S/C19H16O3/c1-13(20)7-12-18-19(14-8-10-15(21-2)11-9-14)16-5-3-4-6-17(16)22-18/h3-12H,1-2H3/b12-7+. The number of ether oxygens (including phenoxy) is 1. The summed E-state index contributed by atoms with van der Waals surface area (Å²) in [6.07, 6.45) is 3.24. The Morgan fingerprint density at radius 1 is 1.09 bits per heavy atom. The van der Waals surface area contributed by atoms with Crippen molar-refractivity contribution in [3.63, 3.8) is 0 Å². The Kier molecular flexibility index (Phi) is 3.79. The van der Waals surface area contributed by atoms with Crippen LogP contribution in [-0.4, -0.2) is 12.9 Å². The van der Waals surface area contributed by atoms with Gasteiger partial charge in [0, 0.05) is 10.9 Å². The molecule has 0 aliphatic heterocycles. The molecule has 0 aliphatic carbocycles. The lowest BCUT2D eigenvalue weighted by Crippen LogP contribution is -1.84. The van der Waals surface area contributed by atoms with Crippen molar-refractivity contribution in [3.05, 3.63) is 60.4 Å². The zero-order valence-electron chi connectivity index (χ0n) is 12.5. The first-order valence-corrected chi connectivity index (χ1v) is 7.03. The third-order valence-electron chi connectivity index (χ3n) is 3.47. The first-order valence-electron chi connectivity index (χ1n) is 7.03. The molecule has 0 amide bonds. The van der Waals surface area contributed by atoms with Crippen molar-refractivity contribution in [1.29, 1.82) is 0 Å². The molecule has 0 spiro atoms. The Balaban J connectivity index is 2.20. The van der Waals surface area contributed by atoms with E-state index in [1.54, 1.807) is 13.2 Å². The summed E-state index contributed by atoms with van der Waals surface area (Å²) in [5.41, 5.74) is 2.81. The van der Waals surface area contributed by atoms with E-state index < -0.39 is 0 Å². The van der Waals surface area contributed by atoms with E-state index in [9.17, 15) is 4.79 Å². The predicted octanol–water partition coefficient (Wildman–Crippen LogP) is 4.71. The molecule has 0 aliphatic rings. The van der Waals surface area contributed by atoms with Gasteiger partial charge in [-0.1, -0.05) is 30.3 Å². The fourth-order valence-corrected chi connectivity index (χ4v) is 2.43. The van der Waals surface area contributed by atoms with Gasteiger partial charge >= 0.3 is 0 Å². The minimum atomic E-state index is -0.0128. The van der Waals surface area contributed by atoms with Crippen LogP contribution in [0.2, 0.25) is 0 Å². The van der Waals surface area contributed by atoms with Crippen LogP contribution in [0.3, 0.4) is 0 Å². The Morgan fingerprint density at radius 3 is 2.50 bits per heavy atom. The number of hydrogen-bond donors (Lipinski definition) is 0. The second kappa shape index (κ2) is 5.90. The van der Waals surface area contributed by atoms with Crippen molar-refractivity contribution in [1.82, 2.24) is 0 Å². The van der Waals surface area contributed by atoms with Crippen molar-refractivity contribution in [2.45, 2.75) is 6.92 Å². The average Bonchev–Trinajstić information content (AvgIpc) is 2.91. The van der Waals surface area contributed by atoms with Gasteiger partial charge in [-0.3, -0.25) is 4.79 Å². The number of hydrogen-bond acceptors (Lipinski definition) is 3. The first-order chi connectivity index (χ1) is 10.7. The molecule has 22 heavy (non-hydrogen) atoms. The van der Waals surface area contributed by atoms with Gasteiger partial charge in [0.05, 0.1) is 7.11 Å². The van der Waals surface area contributed by atoms with Crippen LogP contribution in [0, 0.1) is 0 Å². The Morgan fingerprint density at radius 2 is 1.82 bits per heavy atom. The van der Waals surface area contributed by atoms with Crippen molar-refractivity contribution in [2.75, 3.05) is 7.11 Å². The highest BCUT2D eigenvalue weighted by Crippen LogP contribution is 2.36. The van der Waals surface area contributed by atoms with E-state index in [1.165, 1.54) is 13.0 Å². The molecule has 3 aromatic rings. The molecule has 3 rings (SSSR count). The van der Waals surface area contributed by atoms with Gasteiger partial charge in [-0.25, -0.2) is 0 Å². The van der Waals surface area contributed by atoms with Crippen molar-refractivity contribution in [3.8, 4) is 16.9 Å². The summed E-state index contributed by atoms with van der Waals surface area (Å²) in [5.74, 6) is 1.47. The number of carbonyl (C=O) groups excluding carboxylic acids is 1. The van der Waals surface area contributed by atoms with Crippen LogP contribution < -0.4 is 4.74 Å². The van der Waals surface area contributed by atoms with Crippen LogP contribution in [0.25, 0.3) is 28.2 Å². The van der Waals surface area contributed by atoms with Gasteiger partial charge in [0.25, 0.3) is 0 Å². The number of rotatable bonds is 4. The van der Waals surface area contributed by atoms with E-state index >= 15 is 0 Å². The van der Waals surface area contributed by atoms with E-state index in [0.29, 0.717) is 5.76 Å². The number of benzene rings is 2. The second-order valence-corrected chi connectivity index (χ2v) is 5.01. The molecule has 1 aromatic heterocycles. The summed E-state index contributed by atoms with van der Waals surface area (Å²) >= 11 is 0. The van der Waals surface area contributed by atoms with Crippen LogP contribution in [0.1, 0.15) is 12.7 Å². The molecule has 0 saturated heterocycles. The summed E-state index contributed by atoms with van der Waals surface area (Å²) < 4.78 is 11.1. The summed E-state index contributed by atoms with van der Waals surface area (Å²) in [6.45, 7) is 1.52. The predicted molar refractivity (Wildman–Crippen MR) is 87.9 cm³/mol. The highest BCUT2D eigenvalue weighted by Gasteiger charge is 2.14. The highest BCUT2D eigenvalue weighted by atomic mass is 16.5. The van der Waals surface area contributed by atoms with Crippen LogP contribution >= 0.6 is 0 Å². The van der Waals surface area contributed by atoms with Gasteiger partial charge in [-0.05, 0) is 42.8 Å². The lowest BCUT2D eigenvalue weighted by atomic mass is 10.0. The maximum atomic E-state index is 11.2. The van der Waals surface area contributed by atoms with Crippen LogP contribution in [0.5, 0.6) is 5.75 Å². The van der Waals surface area contributed by atoms with Gasteiger partial charge in [0.15, 0.2) is 5.78 Å². The maximum Gasteiger partial charge on any atom is 0.152 e. The number of methoxy groups -OCH3 is 1. The monoisotopic (exact) mass is 292 g/mol. The molecule has 2 aromatic carbocycles. The van der Waals surface area contributed by atoms with Gasteiger partial charge in [-0.15, -0.1) is 0 Å². The second-order valence-electron chi connectivity index (χ2n) is 5.01. The Hall–Kier alpha value is -2.81. The molecule has 0 unspecified atom stereocenters. The van der Waals surface area contributed by atoms with Crippen molar-refractivity contribution >= 4 is 22.8 Å². The van der Waals surface area contributed by atoms with Gasteiger partial charge in [0.2, 0.25) is 0 Å². The zero-order valence-corrected chi connectivity index (χ0v) is 12.5. The molecular formula is C19H16O3. The van der Waals surface area contributed by atoms with Gasteiger partial charge in [0.1, 0.15) is 17.1 Å². The minimum absolute atomic E-state index is 0.0128. The van der Waals surface area contributed by atoms with E-state index in [4.69, 9.17) is 9.15 Å². The smallest absolute Gasteiger partial charge is 0.152 e. The summed E-state index contributed by atoms with van der Waals surface area (Å²) in [6, 6.07) is 15.6.